The average Bonchev–Trinajstić information content (AvgIpc) is 3.02. The van der Waals surface area contributed by atoms with E-state index in [9.17, 15) is 4.79 Å². The number of benzene rings is 1. The van der Waals surface area contributed by atoms with Gasteiger partial charge in [-0.25, -0.2) is 0 Å². The summed E-state index contributed by atoms with van der Waals surface area (Å²) >= 11 is 1.45. The molecule has 1 atom stereocenters. The van der Waals surface area contributed by atoms with E-state index in [0.29, 0.717) is 6.54 Å². The van der Waals surface area contributed by atoms with Crippen LogP contribution in [0.5, 0.6) is 0 Å². The number of thioether (sulfide) groups is 1. The summed E-state index contributed by atoms with van der Waals surface area (Å²) in [6, 6.07) is 8.22. The number of nitrogens with one attached hydrogen (secondary N) is 1. The number of hydrogen-bond acceptors (Lipinski definition) is 4. The third-order valence-electron chi connectivity index (χ3n) is 4.84. The highest BCUT2D eigenvalue weighted by Crippen LogP contribution is 2.26. The van der Waals surface area contributed by atoms with Gasteiger partial charge in [-0.2, -0.15) is 0 Å². The fourth-order valence-electron chi connectivity index (χ4n) is 3.32. The second-order valence-electron chi connectivity index (χ2n) is 7.11. The summed E-state index contributed by atoms with van der Waals surface area (Å²) in [5.41, 5.74) is 3.69. The number of aryl methyl sites for hydroxylation is 2. The molecule has 0 unspecified atom stereocenters. The van der Waals surface area contributed by atoms with Crippen molar-refractivity contribution in [1.82, 2.24) is 20.1 Å². The summed E-state index contributed by atoms with van der Waals surface area (Å²) in [7, 11) is 0. The van der Waals surface area contributed by atoms with Crippen LogP contribution < -0.4 is 5.32 Å². The third-order valence-corrected chi connectivity index (χ3v) is 5.88. The number of carbonyl (C=O) groups is 1. The van der Waals surface area contributed by atoms with Gasteiger partial charge < -0.3 is 5.32 Å². The smallest absolute Gasteiger partial charge is 0.233 e. The van der Waals surface area contributed by atoms with Gasteiger partial charge in [0, 0.05) is 12.2 Å². The second-order valence-corrected chi connectivity index (χ2v) is 8.42. The Balaban J connectivity index is 1.60. The topological polar surface area (TPSA) is 59.8 Å². The van der Waals surface area contributed by atoms with Crippen LogP contribution in [0.4, 0.5) is 0 Å². The van der Waals surface area contributed by atoms with Gasteiger partial charge in [-0.15, -0.1) is 10.2 Å². The molecule has 144 valence electrons. The lowest BCUT2D eigenvalue weighted by atomic mass is 9.97. The van der Waals surface area contributed by atoms with E-state index in [1.807, 2.05) is 30.5 Å². The Kier molecular flexibility index (Phi) is 6.72. The van der Waals surface area contributed by atoms with Crippen molar-refractivity contribution in [2.75, 3.05) is 6.54 Å². The molecular formula is C21H28N4OS. The molecule has 0 saturated heterocycles. The van der Waals surface area contributed by atoms with Crippen LogP contribution in [0.15, 0.2) is 41.1 Å². The minimum Gasteiger partial charge on any atom is -0.355 e. The number of rotatable bonds is 7. The highest BCUT2D eigenvalue weighted by Gasteiger charge is 2.20. The highest BCUT2D eigenvalue weighted by molar-refractivity contribution is 8.00. The minimum absolute atomic E-state index is 0.0489. The first-order chi connectivity index (χ1) is 13.0. The Morgan fingerprint density at radius 2 is 2.15 bits per heavy atom. The molecule has 0 saturated carbocycles. The van der Waals surface area contributed by atoms with Crippen LogP contribution >= 0.6 is 11.8 Å². The number of hydrogen-bond donors (Lipinski definition) is 1. The fourth-order valence-corrected chi connectivity index (χ4v) is 4.25. The summed E-state index contributed by atoms with van der Waals surface area (Å²) in [4.78, 5) is 12.5. The number of allylic oxidation sites excluding steroid dienone is 1. The van der Waals surface area contributed by atoms with E-state index in [4.69, 9.17) is 0 Å². The van der Waals surface area contributed by atoms with Crippen LogP contribution in [0, 0.1) is 13.8 Å². The normalized spacial score (nSPS) is 15.3. The molecule has 1 heterocycles. The monoisotopic (exact) mass is 384 g/mol. The molecular weight excluding hydrogens is 356 g/mol. The van der Waals surface area contributed by atoms with E-state index in [-0.39, 0.29) is 11.2 Å². The van der Waals surface area contributed by atoms with Crippen LogP contribution in [0.1, 0.15) is 50.4 Å². The maximum atomic E-state index is 12.5. The van der Waals surface area contributed by atoms with E-state index >= 15 is 0 Å². The molecule has 2 aromatic rings. The standard InChI is InChI=1S/C21H28N4OS/c1-15-8-7-11-19(14-15)25-17(3)23-24-21(25)27-16(2)20(26)22-13-12-18-9-5-4-6-10-18/h7-9,11,14,16H,4-6,10,12-13H2,1-3H3,(H,22,26)/t16-/m1/s1. The number of nitrogens with zero attached hydrogens (tertiary/aromatic N) is 3. The van der Waals surface area contributed by atoms with Gasteiger partial charge in [-0.3, -0.25) is 9.36 Å². The van der Waals surface area contributed by atoms with E-state index in [1.165, 1.54) is 48.6 Å². The molecule has 1 aliphatic carbocycles. The number of aromatic nitrogens is 3. The first kappa shape index (κ1) is 19.7. The Morgan fingerprint density at radius 1 is 1.30 bits per heavy atom. The lowest BCUT2D eigenvalue weighted by Gasteiger charge is -2.15. The van der Waals surface area contributed by atoms with Gasteiger partial charge in [-0.1, -0.05) is 35.5 Å². The van der Waals surface area contributed by atoms with E-state index in [1.54, 1.807) is 0 Å². The SMILES string of the molecule is Cc1cccc(-n2c(C)nnc2S[C@H](C)C(=O)NCCC2=CCCCC2)c1. The van der Waals surface area contributed by atoms with Crippen LogP contribution in [0.25, 0.3) is 5.69 Å². The van der Waals surface area contributed by atoms with Crippen LogP contribution in [-0.4, -0.2) is 32.5 Å². The maximum Gasteiger partial charge on any atom is 0.233 e. The summed E-state index contributed by atoms with van der Waals surface area (Å²) in [6.07, 6.45) is 8.23. The van der Waals surface area contributed by atoms with Crippen molar-refractivity contribution in [3.05, 3.63) is 47.3 Å². The lowest BCUT2D eigenvalue weighted by Crippen LogP contribution is -2.32. The van der Waals surface area contributed by atoms with Crippen molar-refractivity contribution < 1.29 is 4.79 Å². The maximum absolute atomic E-state index is 12.5. The average molecular weight is 385 g/mol. The molecule has 0 aliphatic heterocycles. The minimum atomic E-state index is -0.225. The highest BCUT2D eigenvalue weighted by atomic mass is 32.2. The van der Waals surface area contributed by atoms with E-state index in [0.717, 1.165) is 23.1 Å². The largest absolute Gasteiger partial charge is 0.355 e. The molecule has 1 aromatic carbocycles. The molecule has 1 N–H and O–H groups in total. The van der Waals surface area contributed by atoms with Gasteiger partial charge >= 0.3 is 0 Å². The van der Waals surface area contributed by atoms with Crippen molar-refractivity contribution in [3.63, 3.8) is 0 Å². The summed E-state index contributed by atoms with van der Waals surface area (Å²) in [5.74, 6) is 0.868. The third kappa shape index (κ3) is 5.22. The van der Waals surface area contributed by atoms with Crippen molar-refractivity contribution in [2.45, 2.75) is 63.3 Å². The van der Waals surface area contributed by atoms with Crippen LogP contribution in [0.2, 0.25) is 0 Å². The molecule has 1 aliphatic rings. The van der Waals surface area contributed by atoms with Gasteiger partial charge in [0.05, 0.1) is 5.25 Å². The predicted octanol–water partition coefficient (Wildman–Crippen LogP) is 4.37. The molecule has 1 aromatic heterocycles. The molecule has 6 heteroatoms. The van der Waals surface area contributed by atoms with Gasteiger partial charge in [-0.05, 0) is 70.6 Å². The van der Waals surface area contributed by atoms with E-state index in [2.05, 4.69) is 40.6 Å². The van der Waals surface area contributed by atoms with Gasteiger partial charge in [0.1, 0.15) is 5.82 Å². The Morgan fingerprint density at radius 3 is 2.89 bits per heavy atom. The van der Waals surface area contributed by atoms with Crippen molar-refractivity contribution in [1.29, 1.82) is 0 Å². The Bertz CT molecular complexity index is 827. The first-order valence-corrected chi connectivity index (χ1v) is 10.5. The molecule has 0 fully saturated rings. The zero-order chi connectivity index (χ0) is 19.2. The Labute approximate surface area is 165 Å². The summed E-state index contributed by atoms with van der Waals surface area (Å²) in [6.45, 7) is 6.62. The molecule has 1 amide bonds. The van der Waals surface area contributed by atoms with Crippen molar-refractivity contribution in [3.8, 4) is 5.69 Å². The second kappa shape index (κ2) is 9.22. The quantitative estimate of drug-likeness (QED) is 0.569. The van der Waals surface area contributed by atoms with Gasteiger partial charge in [0.2, 0.25) is 5.91 Å². The Hall–Kier alpha value is -2.08. The zero-order valence-corrected chi connectivity index (χ0v) is 17.2. The fraction of sp³-hybridized carbons (Fsp3) is 0.476. The van der Waals surface area contributed by atoms with Gasteiger partial charge in [0.25, 0.3) is 0 Å². The predicted molar refractivity (Wildman–Crippen MR) is 110 cm³/mol. The van der Waals surface area contributed by atoms with Gasteiger partial charge in [0.15, 0.2) is 5.16 Å². The molecule has 0 bridgehead atoms. The molecule has 5 nitrogen and oxygen atoms in total. The first-order valence-electron chi connectivity index (χ1n) is 9.66. The van der Waals surface area contributed by atoms with Crippen molar-refractivity contribution in [2.24, 2.45) is 0 Å². The molecule has 0 radical (unpaired) electrons. The van der Waals surface area contributed by atoms with Crippen LogP contribution in [0.3, 0.4) is 0 Å². The molecule has 0 spiro atoms. The molecule has 27 heavy (non-hydrogen) atoms. The van der Waals surface area contributed by atoms with Crippen LogP contribution in [-0.2, 0) is 4.79 Å². The lowest BCUT2D eigenvalue weighted by molar-refractivity contribution is -0.120. The summed E-state index contributed by atoms with van der Waals surface area (Å²) in [5, 5.41) is 12.1. The van der Waals surface area contributed by atoms with Crippen molar-refractivity contribution >= 4 is 17.7 Å². The molecule has 3 rings (SSSR count). The van der Waals surface area contributed by atoms with E-state index < -0.39 is 0 Å². The number of carbonyl (C=O) groups excluding carboxylic acids is 1. The summed E-state index contributed by atoms with van der Waals surface area (Å²) < 4.78 is 2.01. The zero-order valence-electron chi connectivity index (χ0n) is 16.4. The number of amides is 1.